The van der Waals surface area contributed by atoms with Crippen LogP contribution in [0.2, 0.25) is 0 Å². The van der Waals surface area contributed by atoms with Gasteiger partial charge in [0, 0.05) is 0 Å². The Balaban J connectivity index is 3.06. The third-order valence-electron chi connectivity index (χ3n) is 0.386. The number of nitrogens with two attached hydrogens (primary N) is 2. The first-order valence-corrected chi connectivity index (χ1v) is 3.01. The van der Waals surface area contributed by atoms with Crippen LogP contribution in [0.15, 0.2) is 0 Å². The molecule has 7 nitrogen and oxygen atoms in total. The molecule has 58 valence electrons. The topological polar surface area (TPSA) is 129 Å². The van der Waals surface area contributed by atoms with Crippen LogP contribution in [0.4, 0.5) is 4.79 Å². The highest BCUT2D eigenvalue weighted by atomic mass is 32.2. The molecular formula is C2H8N6OS. The molecule has 0 rings (SSSR count). The van der Waals surface area contributed by atoms with Crippen LogP contribution in [0, 0.1) is 5.41 Å². The lowest BCUT2D eigenvalue weighted by Gasteiger charge is -2.02. The van der Waals surface area contributed by atoms with Crippen LogP contribution in [-0.4, -0.2) is 12.0 Å². The smallest absolute Gasteiger partial charge is 0.327 e. The fourth-order valence-electron chi connectivity index (χ4n) is 0.156. The van der Waals surface area contributed by atoms with E-state index in [2.05, 4.69) is 15.3 Å². The molecule has 0 aliphatic rings. The minimum atomic E-state index is -0.710. The Morgan fingerprint density at radius 1 is 1.50 bits per heavy atom. The predicted octanol–water partition coefficient (Wildman–Crippen LogP) is -1.79. The normalized spacial score (nSPS) is 8.40. The molecule has 0 atom stereocenters. The number of hydrogen-bond acceptors (Lipinski definition) is 4. The van der Waals surface area contributed by atoms with E-state index in [4.69, 9.17) is 11.1 Å². The van der Waals surface area contributed by atoms with Gasteiger partial charge >= 0.3 is 6.03 Å². The minimum Gasteiger partial charge on any atom is -0.369 e. The zero-order valence-electron chi connectivity index (χ0n) is 4.97. The first kappa shape index (κ1) is 8.85. The summed E-state index contributed by atoms with van der Waals surface area (Å²) < 4.78 is 2.30. The molecule has 0 bridgehead atoms. The van der Waals surface area contributed by atoms with E-state index < -0.39 is 6.03 Å². The van der Waals surface area contributed by atoms with Crippen molar-refractivity contribution in [1.82, 2.24) is 15.0 Å². The third-order valence-corrected chi connectivity index (χ3v) is 0.912. The Hall–Kier alpha value is -1.15. The van der Waals surface area contributed by atoms with Crippen LogP contribution in [0.1, 0.15) is 0 Å². The zero-order chi connectivity index (χ0) is 7.98. The van der Waals surface area contributed by atoms with Crippen molar-refractivity contribution in [2.24, 2.45) is 11.5 Å². The van der Waals surface area contributed by atoms with Gasteiger partial charge in [0.05, 0.1) is 12.1 Å². The van der Waals surface area contributed by atoms with E-state index in [-0.39, 0.29) is 5.96 Å². The van der Waals surface area contributed by atoms with Gasteiger partial charge in [-0.3, -0.25) is 15.6 Å². The van der Waals surface area contributed by atoms with E-state index in [1.165, 1.54) is 0 Å². The minimum absolute atomic E-state index is 0.219. The Labute approximate surface area is 61.6 Å². The summed E-state index contributed by atoms with van der Waals surface area (Å²) in [5.41, 5.74) is 11.6. The number of carbonyl (C=O) groups is 1. The molecule has 0 saturated carbocycles. The van der Waals surface area contributed by atoms with Crippen LogP contribution in [0.5, 0.6) is 0 Å². The van der Waals surface area contributed by atoms with Crippen molar-refractivity contribution >= 4 is 24.1 Å². The van der Waals surface area contributed by atoms with E-state index in [9.17, 15) is 4.79 Å². The largest absolute Gasteiger partial charge is 0.369 e. The maximum absolute atomic E-state index is 9.97. The van der Waals surface area contributed by atoms with Gasteiger partial charge in [-0.25, -0.2) is 4.79 Å². The highest BCUT2D eigenvalue weighted by molar-refractivity contribution is 7.95. The second-order valence-electron chi connectivity index (χ2n) is 1.21. The maximum Gasteiger partial charge on any atom is 0.327 e. The van der Waals surface area contributed by atoms with Crippen LogP contribution in [0.25, 0.3) is 0 Å². The maximum atomic E-state index is 9.97. The van der Waals surface area contributed by atoms with Gasteiger partial charge in [-0.05, 0) is 0 Å². The molecule has 0 unspecified atom stereocenters. The number of amides is 2. The van der Waals surface area contributed by atoms with Crippen molar-refractivity contribution in [3.05, 3.63) is 0 Å². The number of rotatable bonds is 3. The standard InChI is InChI=1S/C2H8N6OS/c3-1(4)7-10-8-6-2(5)9/h8H,(H4,3,4,7)(H3,5,6,9). The van der Waals surface area contributed by atoms with E-state index in [0.29, 0.717) is 0 Å². The first-order chi connectivity index (χ1) is 4.63. The first-order valence-electron chi connectivity index (χ1n) is 2.19. The summed E-state index contributed by atoms with van der Waals surface area (Å²) in [5, 5.41) is 6.64. The van der Waals surface area contributed by atoms with Crippen LogP contribution in [0.3, 0.4) is 0 Å². The monoisotopic (exact) mass is 164 g/mol. The van der Waals surface area contributed by atoms with Crippen LogP contribution in [-0.2, 0) is 0 Å². The molecule has 0 heterocycles. The molecule has 0 saturated heterocycles. The number of carbonyl (C=O) groups excluding carboxylic acids is 1. The molecule has 0 fully saturated rings. The summed E-state index contributed by atoms with van der Waals surface area (Å²) in [6, 6.07) is -0.710. The zero-order valence-corrected chi connectivity index (χ0v) is 5.79. The molecule has 0 aliphatic heterocycles. The van der Waals surface area contributed by atoms with Gasteiger partial charge in [-0.15, -0.1) is 0 Å². The number of guanidine groups is 1. The molecule has 8 N–H and O–H groups in total. The summed E-state index contributed by atoms with van der Waals surface area (Å²) in [7, 11) is 0. The summed E-state index contributed by atoms with van der Waals surface area (Å²) in [5.74, 6) is -0.219. The Kier molecular flexibility index (Phi) is 4.16. The lowest BCUT2D eigenvalue weighted by molar-refractivity contribution is 0.248. The van der Waals surface area contributed by atoms with Crippen molar-refractivity contribution < 1.29 is 4.79 Å². The van der Waals surface area contributed by atoms with Crippen molar-refractivity contribution in [2.45, 2.75) is 0 Å². The molecule has 10 heavy (non-hydrogen) atoms. The highest BCUT2D eigenvalue weighted by Crippen LogP contribution is 1.76. The molecular weight excluding hydrogens is 156 g/mol. The van der Waals surface area contributed by atoms with Crippen molar-refractivity contribution in [2.75, 3.05) is 0 Å². The average molecular weight is 164 g/mol. The molecule has 2 amide bonds. The summed E-state index contributed by atoms with van der Waals surface area (Å²) in [6.45, 7) is 0. The van der Waals surface area contributed by atoms with Gasteiger partial charge in [0.15, 0.2) is 5.96 Å². The fraction of sp³-hybridized carbons (Fsp3) is 0. The van der Waals surface area contributed by atoms with Gasteiger partial charge < -0.3 is 11.5 Å². The number of hydrazine groups is 1. The summed E-state index contributed by atoms with van der Waals surface area (Å²) >= 11 is 0.828. The Morgan fingerprint density at radius 2 is 2.10 bits per heavy atom. The van der Waals surface area contributed by atoms with Gasteiger partial charge in [-0.2, -0.15) is 4.83 Å². The Bertz CT molecular complexity index is 120. The van der Waals surface area contributed by atoms with Crippen molar-refractivity contribution in [1.29, 1.82) is 5.41 Å². The van der Waals surface area contributed by atoms with Crippen molar-refractivity contribution in [3.63, 3.8) is 0 Å². The van der Waals surface area contributed by atoms with Crippen molar-refractivity contribution in [3.8, 4) is 0 Å². The number of nitrogens with one attached hydrogen (secondary N) is 4. The summed E-state index contributed by atoms with van der Waals surface area (Å²) in [4.78, 5) is 12.2. The molecule has 0 aromatic rings. The number of hydrogen-bond donors (Lipinski definition) is 6. The SMILES string of the molecule is N=C(N)NSNNC(N)=O. The second-order valence-corrected chi connectivity index (χ2v) is 1.82. The predicted molar refractivity (Wildman–Crippen MR) is 38.5 cm³/mol. The quantitative estimate of drug-likeness (QED) is 0.0964. The molecule has 0 aromatic carbocycles. The van der Waals surface area contributed by atoms with E-state index >= 15 is 0 Å². The van der Waals surface area contributed by atoms with E-state index in [1.54, 1.807) is 0 Å². The summed E-state index contributed by atoms with van der Waals surface area (Å²) in [6.07, 6.45) is 0. The fourth-order valence-corrected chi connectivity index (χ4v) is 0.469. The van der Waals surface area contributed by atoms with Gasteiger partial charge in [0.25, 0.3) is 0 Å². The molecule has 8 heteroatoms. The molecule has 0 radical (unpaired) electrons. The van der Waals surface area contributed by atoms with Gasteiger partial charge in [0.2, 0.25) is 0 Å². The van der Waals surface area contributed by atoms with Crippen LogP contribution < -0.4 is 26.4 Å². The number of primary amides is 1. The molecule has 0 aromatic heterocycles. The lowest BCUT2D eigenvalue weighted by Crippen LogP contribution is -2.40. The Morgan fingerprint density at radius 3 is 2.50 bits per heavy atom. The number of urea groups is 1. The van der Waals surface area contributed by atoms with E-state index in [1.807, 2.05) is 5.43 Å². The van der Waals surface area contributed by atoms with Gasteiger partial charge in [-0.1, -0.05) is 0 Å². The lowest BCUT2D eigenvalue weighted by atomic mass is 11.1. The molecule has 0 aliphatic carbocycles. The second kappa shape index (κ2) is 4.70. The highest BCUT2D eigenvalue weighted by Gasteiger charge is 1.89. The molecule has 0 spiro atoms. The van der Waals surface area contributed by atoms with Crippen LogP contribution >= 0.6 is 12.1 Å². The van der Waals surface area contributed by atoms with E-state index in [0.717, 1.165) is 12.1 Å². The average Bonchev–Trinajstić information content (AvgIpc) is 1.79. The third kappa shape index (κ3) is 6.85. The van der Waals surface area contributed by atoms with Gasteiger partial charge in [0.1, 0.15) is 0 Å².